The van der Waals surface area contributed by atoms with Crippen molar-refractivity contribution < 1.29 is 14.9 Å². The quantitative estimate of drug-likeness (QED) is 0.690. The Labute approximate surface area is 130 Å². The van der Waals surface area contributed by atoms with Gasteiger partial charge in [-0.25, -0.2) is 0 Å². The van der Waals surface area contributed by atoms with Crippen LogP contribution >= 0.6 is 11.6 Å². The molecular weight excluding hydrogens is 290 g/mol. The minimum atomic E-state index is -0.526. The predicted octanol–water partition coefficient (Wildman–Crippen LogP) is 0.605. The second kappa shape index (κ2) is 8.64. The van der Waals surface area contributed by atoms with Crippen LogP contribution in [-0.2, 0) is 9.59 Å². The first-order valence-electron chi connectivity index (χ1n) is 7.10. The van der Waals surface area contributed by atoms with Gasteiger partial charge in [-0.3, -0.25) is 9.59 Å². The molecule has 0 bridgehead atoms. The molecule has 0 aliphatic heterocycles. The van der Waals surface area contributed by atoms with E-state index in [4.69, 9.17) is 11.6 Å². The Kier molecular flexibility index (Phi) is 7.19. The second-order valence-electron chi connectivity index (χ2n) is 4.93. The summed E-state index contributed by atoms with van der Waals surface area (Å²) in [6.45, 7) is 6.29. The Morgan fingerprint density at radius 2 is 1.95 bits per heavy atom. The van der Waals surface area contributed by atoms with E-state index in [-0.39, 0.29) is 24.4 Å². The molecule has 0 aromatic heterocycles. The van der Waals surface area contributed by atoms with Crippen molar-refractivity contribution in [3.05, 3.63) is 34.9 Å². The van der Waals surface area contributed by atoms with Crippen LogP contribution in [0.3, 0.4) is 0 Å². The monoisotopic (exact) mass is 312 g/mol. The fraction of sp³-hybridized carbons (Fsp3) is 0.467. The van der Waals surface area contributed by atoms with Crippen molar-refractivity contribution in [2.45, 2.75) is 32.9 Å². The Bertz CT molecular complexity index is 494. The van der Waals surface area contributed by atoms with E-state index >= 15 is 0 Å². The lowest BCUT2D eigenvalue weighted by molar-refractivity contribution is -0.682. The van der Waals surface area contributed by atoms with E-state index in [1.54, 1.807) is 6.92 Å². The number of nitrogens with one attached hydrogen (secondary N) is 2. The van der Waals surface area contributed by atoms with Gasteiger partial charge in [-0.1, -0.05) is 29.8 Å². The summed E-state index contributed by atoms with van der Waals surface area (Å²) in [5.41, 5.74) is 0.990. The smallest absolute Gasteiger partial charge is 0.275 e. The Morgan fingerprint density at radius 1 is 1.29 bits per heavy atom. The highest BCUT2D eigenvalue weighted by molar-refractivity contribution is 6.31. The predicted molar refractivity (Wildman–Crippen MR) is 82.9 cm³/mol. The number of hydrogen-bond donors (Lipinski definition) is 3. The topological polar surface area (TPSA) is 74.8 Å². The zero-order valence-electron chi connectivity index (χ0n) is 12.7. The van der Waals surface area contributed by atoms with E-state index < -0.39 is 6.04 Å². The number of carbonyl (C=O) groups is 2. The number of likely N-dealkylation sites (N-methyl/N-ethyl adjacent to an activating group) is 1. The average molecular weight is 313 g/mol. The van der Waals surface area contributed by atoms with E-state index in [9.17, 15) is 9.59 Å². The number of quaternary nitrogens is 1. The summed E-state index contributed by atoms with van der Waals surface area (Å²) in [7, 11) is 0. The Morgan fingerprint density at radius 3 is 2.57 bits per heavy atom. The van der Waals surface area contributed by atoms with Crippen LogP contribution in [-0.4, -0.2) is 30.9 Å². The maximum atomic E-state index is 11.8. The number of carbonyl (C=O) groups excluding carboxylic acids is 2. The van der Waals surface area contributed by atoms with Crippen molar-refractivity contribution >= 4 is 23.4 Å². The third-order valence-corrected chi connectivity index (χ3v) is 3.52. The lowest BCUT2D eigenvalue weighted by Gasteiger charge is -2.15. The molecule has 0 aliphatic carbocycles. The fourth-order valence-corrected chi connectivity index (χ4v) is 2.26. The molecule has 0 aliphatic rings. The number of halogens is 1. The van der Waals surface area contributed by atoms with Crippen LogP contribution in [0, 0.1) is 0 Å². The summed E-state index contributed by atoms with van der Waals surface area (Å²) in [6.07, 6.45) is 0. The van der Waals surface area contributed by atoms with Crippen LogP contribution in [0.2, 0.25) is 5.02 Å². The van der Waals surface area contributed by atoms with Gasteiger partial charge in [-0.2, -0.15) is 0 Å². The van der Waals surface area contributed by atoms with Crippen LogP contribution in [0.15, 0.2) is 24.3 Å². The molecule has 0 saturated carbocycles. The maximum Gasteiger partial charge on any atom is 0.275 e. The molecule has 0 saturated heterocycles. The van der Waals surface area contributed by atoms with E-state index in [0.29, 0.717) is 11.6 Å². The summed E-state index contributed by atoms with van der Waals surface area (Å²) in [4.78, 5) is 23.4. The van der Waals surface area contributed by atoms with Gasteiger partial charge >= 0.3 is 0 Å². The highest BCUT2D eigenvalue weighted by atomic mass is 35.5. The third-order valence-electron chi connectivity index (χ3n) is 3.17. The van der Waals surface area contributed by atoms with Gasteiger partial charge in [0.2, 0.25) is 5.91 Å². The Balaban J connectivity index is 2.43. The maximum absolute atomic E-state index is 11.8. The van der Waals surface area contributed by atoms with Gasteiger partial charge in [0.05, 0.1) is 0 Å². The molecule has 0 spiro atoms. The molecule has 1 aromatic carbocycles. The molecule has 0 heterocycles. The van der Waals surface area contributed by atoms with E-state index in [1.807, 2.05) is 43.4 Å². The highest BCUT2D eigenvalue weighted by Crippen LogP contribution is 2.19. The van der Waals surface area contributed by atoms with Crippen molar-refractivity contribution in [2.75, 3.05) is 13.1 Å². The van der Waals surface area contributed by atoms with Crippen molar-refractivity contribution in [1.82, 2.24) is 10.6 Å². The normalized spacial score (nSPS) is 13.3. The van der Waals surface area contributed by atoms with E-state index in [2.05, 4.69) is 10.6 Å². The van der Waals surface area contributed by atoms with Gasteiger partial charge < -0.3 is 16.0 Å². The lowest BCUT2D eigenvalue weighted by Crippen LogP contribution is -2.87. The zero-order chi connectivity index (χ0) is 15.8. The number of benzene rings is 1. The van der Waals surface area contributed by atoms with Gasteiger partial charge in [0.15, 0.2) is 6.54 Å². The van der Waals surface area contributed by atoms with Crippen LogP contribution in [0.4, 0.5) is 0 Å². The first-order valence-corrected chi connectivity index (χ1v) is 7.48. The molecule has 0 fully saturated rings. The lowest BCUT2D eigenvalue weighted by atomic mass is 10.1. The number of amides is 2. The van der Waals surface area contributed by atoms with Gasteiger partial charge in [-0.05, 0) is 26.8 Å². The highest BCUT2D eigenvalue weighted by Gasteiger charge is 2.17. The first-order chi connectivity index (χ1) is 9.95. The average Bonchev–Trinajstić information content (AvgIpc) is 2.45. The standard InChI is InChI=1S/C15H22ClN3O2/c1-4-17-15(21)11(3)19-14(20)9-18-10(2)12-7-5-6-8-13(12)16/h5-8,10-11,18H,4,9H2,1-3H3,(H,17,21)(H,19,20)/p+1/t10-,11-/m1/s1. The number of hydrogen-bond acceptors (Lipinski definition) is 2. The molecule has 0 unspecified atom stereocenters. The molecule has 4 N–H and O–H groups in total. The number of nitrogens with two attached hydrogens (primary N) is 1. The Hall–Kier alpha value is -1.59. The van der Waals surface area contributed by atoms with Gasteiger partial charge in [0, 0.05) is 17.1 Å². The number of rotatable bonds is 7. The van der Waals surface area contributed by atoms with Crippen LogP contribution in [0.25, 0.3) is 0 Å². The summed E-state index contributed by atoms with van der Waals surface area (Å²) in [5.74, 6) is -0.349. The van der Waals surface area contributed by atoms with Crippen LogP contribution in [0.1, 0.15) is 32.4 Å². The minimum absolute atomic E-state index is 0.0734. The van der Waals surface area contributed by atoms with E-state index in [0.717, 1.165) is 5.56 Å². The molecule has 5 nitrogen and oxygen atoms in total. The van der Waals surface area contributed by atoms with Crippen LogP contribution < -0.4 is 16.0 Å². The van der Waals surface area contributed by atoms with E-state index in [1.165, 1.54) is 0 Å². The van der Waals surface area contributed by atoms with Crippen LogP contribution in [0.5, 0.6) is 0 Å². The summed E-state index contributed by atoms with van der Waals surface area (Å²) < 4.78 is 0. The van der Waals surface area contributed by atoms with Crippen molar-refractivity contribution in [2.24, 2.45) is 0 Å². The van der Waals surface area contributed by atoms with Gasteiger partial charge in [0.25, 0.3) is 5.91 Å². The molecule has 116 valence electrons. The zero-order valence-corrected chi connectivity index (χ0v) is 13.4. The summed E-state index contributed by atoms with van der Waals surface area (Å²) >= 11 is 6.12. The van der Waals surface area contributed by atoms with Gasteiger partial charge in [-0.15, -0.1) is 0 Å². The second-order valence-corrected chi connectivity index (χ2v) is 5.34. The molecule has 2 amide bonds. The van der Waals surface area contributed by atoms with Crippen molar-refractivity contribution in [1.29, 1.82) is 0 Å². The molecular formula is C15H23ClN3O2+. The first kappa shape index (κ1) is 17.5. The van der Waals surface area contributed by atoms with Gasteiger partial charge in [0.1, 0.15) is 12.1 Å². The molecule has 21 heavy (non-hydrogen) atoms. The third kappa shape index (κ3) is 5.73. The molecule has 6 heteroatoms. The minimum Gasteiger partial charge on any atom is -0.355 e. The van der Waals surface area contributed by atoms with Crippen molar-refractivity contribution in [3.8, 4) is 0 Å². The van der Waals surface area contributed by atoms with Crippen molar-refractivity contribution in [3.63, 3.8) is 0 Å². The molecule has 0 radical (unpaired) electrons. The molecule has 1 aromatic rings. The molecule has 1 rings (SSSR count). The fourth-order valence-electron chi connectivity index (χ4n) is 1.95. The SMILES string of the molecule is CCNC(=O)[C@@H](C)NC(=O)C[NH2+][C@H](C)c1ccccc1Cl. The molecule has 2 atom stereocenters. The summed E-state index contributed by atoms with van der Waals surface area (Å²) in [5, 5.41) is 7.92. The summed E-state index contributed by atoms with van der Waals surface area (Å²) in [6, 6.07) is 7.12. The largest absolute Gasteiger partial charge is 0.355 e.